The fourth-order valence-electron chi connectivity index (χ4n) is 4.69. The van der Waals surface area contributed by atoms with Crippen LogP contribution in [-0.4, -0.2) is 16.7 Å². The molecule has 0 amide bonds. The number of carbonyl (C=O) groups excluding carboxylic acids is 2. The lowest BCUT2D eigenvalue weighted by Crippen LogP contribution is -2.22. The standard InChI is InChI=1S/C24H29O3P/c1-15-13-18(4)22(19(5)14-15)24(26)28(27,20-11-6-7-12-20)23(25)21-16(2)9-8-10-17(21)3/h8-10,13-14,20H,6-7,11-12H2,1-5H3. The fraction of sp³-hybridized carbons (Fsp3) is 0.417. The van der Waals surface area contributed by atoms with Gasteiger partial charge in [-0.2, -0.15) is 0 Å². The van der Waals surface area contributed by atoms with E-state index in [0.29, 0.717) is 24.0 Å². The van der Waals surface area contributed by atoms with E-state index in [1.165, 1.54) is 0 Å². The van der Waals surface area contributed by atoms with Crippen molar-refractivity contribution in [3.05, 3.63) is 69.3 Å². The van der Waals surface area contributed by atoms with Crippen molar-refractivity contribution in [3.63, 3.8) is 0 Å². The Labute approximate surface area is 167 Å². The van der Waals surface area contributed by atoms with E-state index in [1.54, 1.807) is 0 Å². The van der Waals surface area contributed by atoms with Crippen LogP contribution < -0.4 is 0 Å². The predicted molar refractivity (Wildman–Crippen MR) is 115 cm³/mol. The largest absolute Gasteiger partial charge is 0.306 e. The second-order valence-electron chi connectivity index (χ2n) is 8.25. The molecule has 0 bridgehead atoms. The Morgan fingerprint density at radius 1 is 0.786 bits per heavy atom. The van der Waals surface area contributed by atoms with Crippen LogP contribution in [0.2, 0.25) is 0 Å². The molecule has 28 heavy (non-hydrogen) atoms. The maximum absolute atomic E-state index is 14.4. The molecule has 0 aromatic heterocycles. The summed E-state index contributed by atoms with van der Waals surface area (Å²) in [6.45, 7) is 9.43. The first kappa shape index (κ1) is 20.7. The van der Waals surface area contributed by atoms with Crippen LogP contribution in [0.4, 0.5) is 0 Å². The van der Waals surface area contributed by atoms with Crippen LogP contribution in [0, 0.1) is 34.6 Å². The molecule has 1 fully saturated rings. The van der Waals surface area contributed by atoms with E-state index < -0.39 is 18.2 Å². The van der Waals surface area contributed by atoms with Gasteiger partial charge in [-0.05, 0) is 69.7 Å². The van der Waals surface area contributed by atoms with Gasteiger partial charge < -0.3 is 4.57 Å². The Kier molecular flexibility index (Phi) is 5.77. The molecule has 2 aromatic carbocycles. The van der Waals surface area contributed by atoms with Gasteiger partial charge in [-0.1, -0.05) is 48.7 Å². The molecule has 0 saturated heterocycles. The summed E-state index contributed by atoms with van der Waals surface area (Å²) in [5, 5.41) is 0. The van der Waals surface area contributed by atoms with Crippen molar-refractivity contribution < 1.29 is 14.2 Å². The number of rotatable bonds is 5. The van der Waals surface area contributed by atoms with Crippen molar-refractivity contribution in [2.24, 2.45) is 0 Å². The van der Waals surface area contributed by atoms with Crippen LogP contribution >= 0.6 is 7.14 Å². The molecule has 2 aromatic rings. The van der Waals surface area contributed by atoms with Gasteiger partial charge in [-0.15, -0.1) is 0 Å². The second kappa shape index (κ2) is 7.79. The summed E-state index contributed by atoms with van der Waals surface area (Å²) in [7, 11) is -3.79. The van der Waals surface area contributed by atoms with E-state index in [0.717, 1.165) is 40.7 Å². The first-order valence-electron chi connectivity index (χ1n) is 10.0. The summed E-state index contributed by atoms with van der Waals surface area (Å²) in [6.07, 6.45) is 3.22. The Morgan fingerprint density at radius 2 is 1.21 bits per heavy atom. The molecule has 1 unspecified atom stereocenters. The highest BCUT2D eigenvalue weighted by molar-refractivity contribution is 7.96. The highest BCUT2D eigenvalue weighted by Crippen LogP contribution is 2.61. The third-order valence-corrected chi connectivity index (χ3v) is 9.23. The lowest BCUT2D eigenvalue weighted by molar-refractivity contribution is 0.103. The monoisotopic (exact) mass is 396 g/mol. The minimum absolute atomic E-state index is 0.341. The molecule has 0 aliphatic heterocycles. The Bertz CT molecular complexity index is 954. The van der Waals surface area contributed by atoms with Crippen molar-refractivity contribution in [2.45, 2.75) is 66.0 Å². The number of hydrogen-bond donors (Lipinski definition) is 0. The predicted octanol–water partition coefficient (Wildman–Crippen LogP) is 6.52. The summed E-state index contributed by atoms with van der Waals surface area (Å²) in [5.74, 6) is 0. The van der Waals surface area contributed by atoms with Crippen molar-refractivity contribution in [1.82, 2.24) is 0 Å². The number of benzene rings is 2. The topological polar surface area (TPSA) is 51.2 Å². The molecule has 0 heterocycles. The highest BCUT2D eigenvalue weighted by Gasteiger charge is 2.49. The summed E-state index contributed by atoms with van der Waals surface area (Å²) in [4.78, 5) is 27.5. The molecular formula is C24H29O3P. The molecule has 3 nitrogen and oxygen atoms in total. The fourth-order valence-corrected chi connectivity index (χ4v) is 8.00. The summed E-state index contributed by atoms with van der Waals surface area (Å²) in [5.41, 5.74) is 3.94. The van der Waals surface area contributed by atoms with Gasteiger partial charge in [0.15, 0.2) is 0 Å². The summed E-state index contributed by atoms with van der Waals surface area (Å²) in [6, 6.07) is 9.46. The second-order valence-corrected chi connectivity index (χ2v) is 11.1. The minimum Gasteiger partial charge on any atom is -0.306 e. The molecule has 0 N–H and O–H groups in total. The number of hydrogen-bond acceptors (Lipinski definition) is 3. The van der Waals surface area contributed by atoms with E-state index in [9.17, 15) is 14.2 Å². The molecule has 148 valence electrons. The van der Waals surface area contributed by atoms with Crippen LogP contribution in [0.15, 0.2) is 30.3 Å². The normalized spacial score (nSPS) is 16.8. The third kappa shape index (κ3) is 3.42. The van der Waals surface area contributed by atoms with Crippen LogP contribution in [0.1, 0.15) is 74.2 Å². The zero-order chi connectivity index (χ0) is 20.6. The Hall–Kier alpha value is -1.99. The summed E-state index contributed by atoms with van der Waals surface area (Å²) >= 11 is 0. The lowest BCUT2D eigenvalue weighted by atomic mass is 10.0. The van der Waals surface area contributed by atoms with Crippen molar-refractivity contribution >= 4 is 18.2 Å². The zero-order valence-corrected chi connectivity index (χ0v) is 18.4. The van der Waals surface area contributed by atoms with Gasteiger partial charge in [0.05, 0.1) is 0 Å². The number of aryl methyl sites for hydroxylation is 5. The van der Waals surface area contributed by atoms with Crippen LogP contribution in [0.5, 0.6) is 0 Å². The minimum atomic E-state index is -3.79. The smallest absolute Gasteiger partial charge is 0.229 e. The van der Waals surface area contributed by atoms with E-state index in [1.807, 2.05) is 65.0 Å². The van der Waals surface area contributed by atoms with Gasteiger partial charge in [-0.25, -0.2) is 0 Å². The maximum atomic E-state index is 14.4. The van der Waals surface area contributed by atoms with E-state index in [4.69, 9.17) is 0 Å². The SMILES string of the molecule is Cc1cc(C)c(C(=O)P(=O)(C(=O)c2c(C)cccc2C)C2CCCC2)c(C)c1. The van der Waals surface area contributed by atoms with Crippen LogP contribution in [0.3, 0.4) is 0 Å². The Morgan fingerprint density at radius 3 is 1.68 bits per heavy atom. The first-order valence-corrected chi connectivity index (χ1v) is 11.8. The van der Waals surface area contributed by atoms with E-state index in [2.05, 4.69) is 0 Å². The van der Waals surface area contributed by atoms with Crippen molar-refractivity contribution in [2.75, 3.05) is 0 Å². The molecule has 1 atom stereocenters. The molecule has 3 rings (SSSR count). The van der Waals surface area contributed by atoms with Crippen molar-refractivity contribution in [1.29, 1.82) is 0 Å². The van der Waals surface area contributed by atoms with Crippen molar-refractivity contribution in [3.8, 4) is 0 Å². The zero-order valence-electron chi connectivity index (χ0n) is 17.5. The molecule has 4 heteroatoms. The van der Waals surface area contributed by atoms with Crippen LogP contribution in [-0.2, 0) is 4.57 Å². The quantitative estimate of drug-likeness (QED) is 0.541. The molecular weight excluding hydrogens is 367 g/mol. The van der Waals surface area contributed by atoms with E-state index >= 15 is 0 Å². The molecule has 0 radical (unpaired) electrons. The molecule has 1 saturated carbocycles. The average molecular weight is 396 g/mol. The average Bonchev–Trinajstić information content (AvgIpc) is 3.14. The molecule has 1 aliphatic rings. The maximum Gasteiger partial charge on any atom is 0.229 e. The van der Waals surface area contributed by atoms with E-state index in [-0.39, 0.29) is 5.66 Å². The van der Waals surface area contributed by atoms with Gasteiger partial charge in [0.2, 0.25) is 18.2 Å². The number of carbonyl (C=O) groups is 2. The van der Waals surface area contributed by atoms with Gasteiger partial charge in [-0.3, -0.25) is 9.59 Å². The first-order chi connectivity index (χ1) is 13.2. The molecule has 1 aliphatic carbocycles. The van der Waals surface area contributed by atoms with Gasteiger partial charge >= 0.3 is 0 Å². The third-order valence-electron chi connectivity index (χ3n) is 6.03. The highest BCUT2D eigenvalue weighted by atomic mass is 31.2. The lowest BCUT2D eigenvalue weighted by Gasteiger charge is -2.25. The van der Waals surface area contributed by atoms with Gasteiger partial charge in [0, 0.05) is 16.8 Å². The van der Waals surface area contributed by atoms with Gasteiger partial charge in [0.25, 0.3) is 0 Å². The summed E-state index contributed by atoms with van der Waals surface area (Å²) < 4.78 is 14.4. The van der Waals surface area contributed by atoms with Crippen LogP contribution in [0.25, 0.3) is 0 Å². The molecule has 0 spiro atoms. The van der Waals surface area contributed by atoms with Gasteiger partial charge in [0.1, 0.15) is 0 Å². The Balaban J connectivity index is 2.21.